The van der Waals surface area contributed by atoms with Gasteiger partial charge in [0.15, 0.2) is 0 Å². The summed E-state index contributed by atoms with van der Waals surface area (Å²) in [5.74, 6) is 1.01. The number of hydrogen-bond donors (Lipinski definition) is 0. The van der Waals surface area contributed by atoms with Crippen LogP contribution in [-0.2, 0) is 17.6 Å². The average Bonchev–Trinajstić information content (AvgIpc) is 2.25. The third-order valence-electron chi connectivity index (χ3n) is 2.83. The van der Waals surface area contributed by atoms with Crippen LogP contribution in [0.3, 0.4) is 0 Å². The maximum absolute atomic E-state index is 5.70. The number of hydrogen-bond acceptors (Lipinski definition) is 2. The first-order chi connectivity index (χ1) is 7.81. The van der Waals surface area contributed by atoms with Crippen molar-refractivity contribution in [2.24, 2.45) is 0 Å². The summed E-state index contributed by atoms with van der Waals surface area (Å²) in [5.41, 5.74) is 2.57. The molecule has 1 heterocycles. The molecule has 0 saturated carbocycles. The Balaban J connectivity index is 0.00000144. The van der Waals surface area contributed by atoms with Crippen LogP contribution in [0, 0.1) is 0 Å². The fourth-order valence-electron chi connectivity index (χ4n) is 2.07. The second-order valence-corrected chi connectivity index (χ2v) is 4.12. The maximum atomic E-state index is 5.70. The summed E-state index contributed by atoms with van der Waals surface area (Å²) in [5, 5.41) is 0. The number of fused-ring (bicyclic) bond motifs is 1. The van der Waals surface area contributed by atoms with Crippen molar-refractivity contribution in [1.29, 1.82) is 0 Å². The molecular weight excluding hydrogens is 216 g/mol. The molecule has 1 atom stereocenters. The molecule has 0 radical (unpaired) electrons. The highest BCUT2D eigenvalue weighted by atomic mass is 16.5. The van der Waals surface area contributed by atoms with Gasteiger partial charge in [-0.3, -0.25) is 0 Å². The van der Waals surface area contributed by atoms with E-state index in [1.165, 1.54) is 11.1 Å². The van der Waals surface area contributed by atoms with Gasteiger partial charge in [-0.15, -0.1) is 6.58 Å². The zero-order valence-electron chi connectivity index (χ0n) is 10.2. The van der Waals surface area contributed by atoms with Gasteiger partial charge >= 0.3 is 0 Å². The van der Waals surface area contributed by atoms with E-state index in [1.54, 1.807) is 0 Å². The van der Waals surface area contributed by atoms with Gasteiger partial charge in [0, 0.05) is 12.0 Å². The molecule has 1 aromatic rings. The summed E-state index contributed by atoms with van der Waals surface area (Å²) in [6, 6.07) is 6.23. The smallest absolute Gasteiger partial charge is 0.122 e. The lowest BCUT2D eigenvalue weighted by atomic mass is 9.98. The van der Waals surface area contributed by atoms with Crippen LogP contribution in [0.5, 0.6) is 5.75 Å². The van der Waals surface area contributed by atoms with Gasteiger partial charge < -0.3 is 14.9 Å². The van der Waals surface area contributed by atoms with E-state index in [9.17, 15) is 0 Å². The van der Waals surface area contributed by atoms with Crippen LogP contribution in [0.25, 0.3) is 0 Å². The van der Waals surface area contributed by atoms with E-state index in [-0.39, 0.29) is 11.6 Å². The van der Waals surface area contributed by atoms with Gasteiger partial charge in [0.2, 0.25) is 0 Å². The second kappa shape index (κ2) is 6.42. The average molecular weight is 236 g/mol. The molecule has 0 aliphatic carbocycles. The third kappa shape index (κ3) is 3.32. The molecular formula is C14H20O3. The summed E-state index contributed by atoms with van der Waals surface area (Å²) in [7, 11) is 0. The van der Waals surface area contributed by atoms with Gasteiger partial charge in [-0.2, -0.15) is 0 Å². The van der Waals surface area contributed by atoms with E-state index >= 15 is 0 Å². The molecule has 0 bridgehead atoms. The molecule has 3 heteroatoms. The number of allylic oxidation sites excluding steroid dienone is 1. The minimum atomic E-state index is 0. The second-order valence-electron chi connectivity index (χ2n) is 4.12. The van der Waals surface area contributed by atoms with Gasteiger partial charge in [-0.05, 0) is 25.0 Å². The van der Waals surface area contributed by atoms with Crippen molar-refractivity contribution in [3.8, 4) is 5.75 Å². The van der Waals surface area contributed by atoms with Crippen molar-refractivity contribution in [1.82, 2.24) is 0 Å². The molecule has 3 nitrogen and oxygen atoms in total. The van der Waals surface area contributed by atoms with Crippen LogP contribution in [-0.4, -0.2) is 24.8 Å². The highest BCUT2D eigenvalue weighted by molar-refractivity contribution is 5.41. The minimum Gasteiger partial charge on any atom is -0.491 e. The van der Waals surface area contributed by atoms with E-state index in [1.807, 2.05) is 18.2 Å². The van der Waals surface area contributed by atoms with Crippen molar-refractivity contribution in [3.05, 3.63) is 42.0 Å². The summed E-state index contributed by atoms with van der Waals surface area (Å²) in [4.78, 5) is 0. The van der Waals surface area contributed by atoms with Gasteiger partial charge in [-0.1, -0.05) is 18.2 Å². The quantitative estimate of drug-likeness (QED) is 0.737. The summed E-state index contributed by atoms with van der Waals surface area (Å²) < 4.78 is 11.3. The topological polar surface area (TPSA) is 50.0 Å². The molecule has 1 aliphatic rings. The zero-order valence-corrected chi connectivity index (χ0v) is 10.2. The Kier molecular flexibility index (Phi) is 5.19. The van der Waals surface area contributed by atoms with Crippen molar-refractivity contribution in [2.75, 3.05) is 13.2 Å². The summed E-state index contributed by atoms with van der Waals surface area (Å²) in [6.07, 6.45) is 3.99. The summed E-state index contributed by atoms with van der Waals surface area (Å²) in [6.45, 7) is 7.21. The summed E-state index contributed by atoms with van der Waals surface area (Å²) >= 11 is 0. The Morgan fingerprint density at radius 2 is 2.24 bits per heavy atom. The first-order valence-corrected chi connectivity index (χ1v) is 5.77. The van der Waals surface area contributed by atoms with Crippen LogP contribution in [0.4, 0.5) is 0 Å². The van der Waals surface area contributed by atoms with Crippen LogP contribution in [0.15, 0.2) is 30.9 Å². The predicted octanol–water partition coefficient (Wildman–Crippen LogP) is 1.93. The highest BCUT2D eigenvalue weighted by Crippen LogP contribution is 2.26. The molecule has 0 amide bonds. The van der Waals surface area contributed by atoms with Crippen LogP contribution in [0.2, 0.25) is 0 Å². The fourth-order valence-corrected chi connectivity index (χ4v) is 2.07. The normalized spacial score (nSPS) is 19.0. The lowest BCUT2D eigenvalue weighted by Gasteiger charge is -2.22. The highest BCUT2D eigenvalue weighted by Gasteiger charge is 2.15. The standard InChI is InChI=1S/C14H18O2.H2O/c1-3-5-12-6-4-7-14-13(12)10-11(2)15-8-9-16-14;/h3-4,6-7,11H,1,5,8-10H2,2H3;1H2. The maximum Gasteiger partial charge on any atom is 0.122 e. The van der Waals surface area contributed by atoms with Crippen molar-refractivity contribution in [2.45, 2.75) is 25.9 Å². The molecule has 2 rings (SSSR count). The van der Waals surface area contributed by atoms with Gasteiger partial charge in [-0.25, -0.2) is 0 Å². The van der Waals surface area contributed by atoms with Crippen molar-refractivity contribution < 1.29 is 14.9 Å². The molecule has 2 N–H and O–H groups in total. The SMILES string of the molecule is C=CCc1cccc2c1CC(C)OCCO2.O. The van der Waals surface area contributed by atoms with Crippen LogP contribution < -0.4 is 4.74 Å². The van der Waals surface area contributed by atoms with E-state index in [0.29, 0.717) is 13.2 Å². The Bertz CT molecular complexity index is 374. The zero-order chi connectivity index (χ0) is 11.4. The Morgan fingerprint density at radius 3 is 3.00 bits per heavy atom. The fraction of sp³-hybridized carbons (Fsp3) is 0.429. The molecule has 0 spiro atoms. The van der Waals surface area contributed by atoms with Gasteiger partial charge in [0.05, 0.1) is 12.7 Å². The van der Waals surface area contributed by atoms with Crippen molar-refractivity contribution >= 4 is 0 Å². The number of benzene rings is 1. The first kappa shape index (κ1) is 13.7. The van der Waals surface area contributed by atoms with Crippen LogP contribution >= 0.6 is 0 Å². The number of ether oxygens (including phenoxy) is 2. The predicted molar refractivity (Wildman–Crippen MR) is 68.6 cm³/mol. The molecule has 1 aromatic carbocycles. The van der Waals surface area contributed by atoms with Gasteiger partial charge in [0.1, 0.15) is 12.4 Å². The van der Waals surface area contributed by atoms with E-state index < -0.39 is 0 Å². The Hall–Kier alpha value is -1.32. The molecule has 1 unspecified atom stereocenters. The molecule has 17 heavy (non-hydrogen) atoms. The molecule has 1 aliphatic heterocycles. The molecule has 0 saturated heterocycles. The van der Waals surface area contributed by atoms with E-state index in [2.05, 4.69) is 19.6 Å². The lowest BCUT2D eigenvalue weighted by molar-refractivity contribution is 0.0369. The van der Waals surface area contributed by atoms with Crippen molar-refractivity contribution in [3.63, 3.8) is 0 Å². The number of rotatable bonds is 2. The van der Waals surface area contributed by atoms with E-state index in [4.69, 9.17) is 9.47 Å². The van der Waals surface area contributed by atoms with Gasteiger partial charge in [0.25, 0.3) is 0 Å². The monoisotopic (exact) mass is 236 g/mol. The molecule has 0 aromatic heterocycles. The Labute approximate surface area is 102 Å². The first-order valence-electron chi connectivity index (χ1n) is 5.77. The van der Waals surface area contributed by atoms with Crippen LogP contribution in [0.1, 0.15) is 18.1 Å². The Morgan fingerprint density at radius 1 is 1.41 bits per heavy atom. The molecule has 94 valence electrons. The largest absolute Gasteiger partial charge is 0.491 e. The minimum absolute atomic E-state index is 0. The molecule has 0 fully saturated rings. The third-order valence-corrected chi connectivity index (χ3v) is 2.83. The lowest BCUT2D eigenvalue weighted by Crippen LogP contribution is -2.21. The van der Waals surface area contributed by atoms with E-state index in [0.717, 1.165) is 18.6 Å².